The predicted octanol–water partition coefficient (Wildman–Crippen LogP) is 2.58. The van der Waals surface area contributed by atoms with E-state index in [-0.39, 0.29) is 16.0 Å². The summed E-state index contributed by atoms with van der Waals surface area (Å²) in [6, 6.07) is 2.97. The molecule has 0 atom stereocenters. The van der Waals surface area contributed by atoms with Crippen molar-refractivity contribution < 1.29 is 18.0 Å². The standard InChI is InChI=1S/C18H23N3O4S2/c1-9-7-13(8-14(10(9)2)27(24,25)21(5)6)17(23)20-18-15(16(19)22)11(3)12(4)26-18/h7-8H,1-6H3,(H2,19,22)(H,20,23). The summed E-state index contributed by atoms with van der Waals surface area (Å²) in [6.07, 6.45) is 0. The van der Waals surface area contributed by atoms with Gasteiger partial charge in [-0.05, 0) is 56.5 Å². The number of nitrogens with one attached hydrogen (secondary N) is 1. The van der Waals surface area contributed by atoms with E-state index in [0.717, 1.165) is 14.7 Å². The number of thiophene rings is 1. The zero-order chi connectivity index (χ0) is 20.7. The van der Waals surface area contributed by atoms with Gasteiger partial charge in [-0.3, -0.25) is 9.59 Å². The number of primary amides is 1. The molecule has 3 N–H and O–H groups in total. The van der Waals surface area contributed by atoms with Crippen LogP contribution in [0.5, 0.6) is 0 Å². The van der Waals surface area contributed by atoms with Crippen molar-refractivity contribution in [3.05, 3.63) is 44.8 Å². The van der Waals surface area contributed by atoms with Crippen molar-refractivity contribution in [2.45, 2.75) is 32.6 Å². The third-order valence-electron chi connectivity index (χ3n) is 4.50. The van der Waals surface area contributed by atoms with Crippen LogP contribution in [0.4, 0.5) is 5.00 Å². The van der Waals surface area contributed by atoms with E-state index >= 15 is 0 Å². The minimum Gasteiger partial charge on any atom is -0.365 e. The van der Waals surface area contributed by atoms with Crippen LogP contribution in [-0.2, 0) is 10.0 Å². The molecule has 1 aromatic heterocycles. The van der Waals surface area contributed by atoms with Crippen molar-refractivity contribution in [1.29, 1.82) is 0 Å². The maximum atomic E-state index is 12.8. The molecule has 9 heteroatoms. The number of hydrogen-bond acceptors (Lipinski definition) is 5. The predicted molar refractivity (Wildman–Crippen MR) is 107 cm³/mol. The highest BCUT2D eigenvalue weighted by molar-refractivity contribution is 7.89. The van der Waals surface area contributed by atoms with Crippen LogP contribution in [0.25, 0.3) is 0 Å². The molecule has 146 valence electrons. The number of carbonyl (C=O) groups is 2. The first-order chi connectivity index (χ1) is 12.4. The number of hydrogen-bond donors (Lipinski definition) is 2. The van der Waals surface area contributed by atoms with E-state index in [4.69, 9.17) is 5.73 Å². The van der Waals surface area contributed by atoms with E-state index in [9.17, 15) is 18.0 Å². The molecule has 0 aliphatic rings. The molecule has 0 saturated carbocycles. The van der Waals surface area contributed by atoms with Gasteiger partial charge in [0.25, 0.3) is 11.8 Å². The Hall–Kier alpha value is -2.23. The maximum absolute atomic E-state index is 12.8. The van der Waals surface area contributed by atoms with Crippen molar-refractivity contribution in [3.8, 4) is 0 Å². The monoisotopic (exact) mass is 409 g/mol. The minimum absolute atomic E-state index is 0.0753. The molecule has 0 radical (unpaired) electrons. The van der Waals surface area contributed by atoms with Gasteiger partial charge in [-0.15, -0.1) is 11.3 Å². The third-order valence-corrected chi connectivity index (χ3v) is 7.56. The molecule has 0 unspecified atom stereocenters. The quantitative estimate of drug-likeness (QED) is 0.791. The van der Waals surface area contributed by atoms with Gasteiger partial charge in [0.05, 0.1) is 10.5 Å². The van der Waals surface area contributed by atoms with E-state index in [2.05, 4.69) is 5.32 Å². The number of sulfonamides is 1. The Kier molecular flexibility index (Phi) is 5.79. The first-order valence-electron chi connectivity index (χ1n) is 8.12. The topological polar surface area (TPSA) is 110 Å². The van der Waals surface area contributed by atoms with Crippen molar-refractivity contribution >= 4 is 38.2 Å². The molecule has 2 aromatic rings. The molecule has 2 rings (SSSR count). The van der Waals surface area contributed by atoms with Gasteiger partial charge in [-0.1, -0.05) is 0 Å². The molecule has 0 fully saturated rings. The molecule has 0 saturated heterocycles. The summed E-state index contributed by atoms with van der Waals surface area (Å²) in [5, 5.41) is 3.05. The number of carbonyl (C=O) groups excluding carboxylic acids is 2. The van der Waals surface area contributed by atoms with Crippen LogP contribution in [-0.4, -0.2) is 38.6 Å². The van der Waals surface area contributed by atoms with Crippen LogP contribution in [0.2, 0.25) is 0 Å². The second-order valence-corrected chi connectivity index (χ2v) is 9.85. The maximum Gasteiger partial charge on any atom is 0.256 e. The highest BCUT2D eigenvalue weighted by Gasteiger charge is 2.24. The van der Waals surface area contributed by atoms with Gasteiger partial charge in [0.15, 0.2) is 0 Å². The molecule has 0 bridgehead atoms. The van der Waals surface area contributed by atoms with Crippen LogP contribution >= 0.6 is 11.3 Å². The van der Waals surface area contributed by atoms with Crippen molar-refractivity contribution in [2.24, 2.45) is 5.73 Å². The second kappa shape index (κ2) is 7.41. The number of benzene rings is 1. The Balaban J connectivity index is 2.52. The number of anilines is 1. The first-order valence-corrected chi connectivity index (χ1v) is 10.4. The SMILES string of the molecule is Cc1cc(C(=O)Nc2sc(C)c(C)c2C(N)=O)cc(S(=O)(=O)N(C)C)c1C. The molecule has 2 amide bonds. The number of rotatable bonds is 5. The van der Waals surface area contributed by atoms with Gasteiger partial charge < -0.3 is 11.1 Å². The summed E-state index contributed by atoms with van der Waals surface area (Å²) in [6.45, 7) is 7.04. The van der Waals surface area contributed by atoms with Crippen molar-refractivity contribution in [1.82, 2.24) is 4.31 Å². The van der Waals surface area contributed by atoms with Gasteiger partial charge >= 0.3 is 0 Å². The minimum atomic E-state index is -3.70. The second-order valence-electron chi connectivity index (χ2n) is 6.51. The average Bonchev–Trinajstić information content (AvgIpc) is 2.83. The van der Waals surface area contributed by atoms with Crippen LogP contribution in [0.15, 0.2) is 17.0 Å². The number of amides is 2. The van der Waals surface area contributed by atoms with E-state index < -0.39 is 21.8 Å². The lowest BCUT2D eigenvalue weighted by Crippen LogP contribution is -2.24. The Morgan fingerprint density at radius 2 is 1.67 bits per heavy atom. The average molecular weight is 410 g/mol. The Morgan fingerprint density at radius 3 is 2.19 bits per heavy atom. The first kappa shape index (κ1) is 21.1. The zero-order valence-electron chi connectivity index (χ0n) is 16.1. The van der Waals surface area contributed by atoms with Gasteiger partial charge in [0.2, 0.25) is 10.0 Å². The summed E-state index contributed by atoms with van der Waals surface area (Å²) in [4.78, 5) is 25.4. The van der Waals surface area contributed by atoms with Crippen molar-refractivity contribution in [2.75, 3.05) is 19.4 Å². The number of aryl methyl sites for hydroxylation is 2. The lowest BCUT2D eigenvalue weighted by Gasteiger charge is -2.16. The third kappa shape index (κ3) is 3.90. The Labute approximate surface area is 163 Å². The molecule has 0 aliphatic heterocycles. The van der Waals surface area contributed by atoms with Crippen LogP contribution < -0.4 is 11.1 Å². The molecule has 27 heavy (non-hydrogen) atoms. The van der Waals surface area contributed by atoms with Crippen LogP contribution in [0.3, 0.4) is 0 Å². The summed E-state index contributed by atoms with van der Waals surface area (Å²) in [5.41, 5.74) is 7.88. The summed E-state index contributed by atoms with van der Waals surface area (Å²) < 4.78 is 26.2. The van der Waals surface area contributed by atoms with Gasteiger partial charge in [0.1, 0.15) is 5.00 Å². The number of nitrogens with zero attached hydrogens (tertiary/aromatic N) is 1. The highest BCUT2D eigenvalue weighted by atomic mass is 32.2. The van der Waals surface area contributed by atoms with E-state index in [0.29, 0.717) is 16.1 Å². The molecule has 1 heterocycles. The normalized spacial score (nSPS) is 11.7. The molecular weight excluding hydrogens is 386 g/mol. The fourth-order valence-corrected chi connectivity index (χ4v) is 4.89. The molecule has 7 nitrogen and oxygen atoms in total. The van der Waals surface area contributed by atoms with Gasteiger partial charge in [0, 0.05) is 24.5 Å². The lowest BCUT2D eigenvalue weighted by atomic mass is 10.1. The lowest BCUT2D eigenvalue weighted by molar-refractivity contribution is 0.100. The fourth-order valence-electron chi connectivity index (χ4n) is 2.61. The summed E-state index contributed by atoms with van der Waals surface area (Å²) in [7, 11) is -0.826. The molecular formula is C18H23N3O4S2. The van der Waals surface area contributed by atoms with Gasteiger partial charge in [-0.2, -0.15) is 0 Å². The zero-order valence-corrected chi connectivity index (χ0v) is 17.8. The van der Waals surface area contributed by atoms with Crippen LogP contribution in [0, 0.1) is 27.7 Å². The van der Waals surface area contributed by atoms with E-state index in [1.54, 1.807) is 26.8 Å². The molecule has 1 aromatic carbocycles. The highest BCUT2D eigenvalue weighted by Crippen LogP contribution is 2.32. The molecule has 0 spiro atoms. The summed E-state index contributed by atoms with van der Waals surface area (Å²) in [5.74, 6) is -1.12. The summed E-state index contributed by atoms with van der Waals surface area (Å²) >= 11 is 1.26. The number of nitrogens with two attached hydrogens (primary N) is 1. The van der Waals surface area contributed by atoms with Crippen LogP contribution in [0.1, 0.15) is 42.3 Å². The van der Waals surface area contributed by atoms with E-state index in [1.165, 1.54) is 31.5 Å². The van der Waals surface area contributed by atoms with Gasteiger partial charge in [-0.25, -0.2) is 12.7 Å². The molecule has 0 aliphatic carbocycles. The van der Waals surface area contributed by atoms with E-state index in [1.807, 2.05) is 6.92 Å². The smallest absolute Gasteiger partial charge is 0.256 e. The van der Waals surface area contributed by atoms with Crippen molar-refractivity contribution in [3.63, 3.8) is 0 Å². The Morgan fingerprint density at radius 1 is 1.07 bits per heavy atom. The largest absolute Gasteiger partial charge is 0.365 e. The fraction of sp³-hybridized carbons (Fsp3) is 0.333. The Bertz CT molecular complexity index is 1040.